The van der Waals surface area contributed by atoms with E-state index in [1.165, 1.54) is 12.8 Å². The Balaban J connectivity index is 1.34. The van der Waals surface area contributed by atoms with Crippen LogP contribution in [-0.4, -0.2) is 52.8 Å². The minimum atomic E-state index is -0.361. The van der Waals surface area contributed by atoms with E-state index in [0.29, 0.717) is 24.7 Å². The first-order valence-corrected chi connectivity index (χ1v) is 10.1. The standard InChI is InChI=1S/C22H25N3O2/c26-20(19-9-8-17-4-1-2-5-18(17)23-19)25-13-11-22(15-25)10-3-12-24(21(22)27)14-16-6-7-16/h1-2,4-5,8-9,16H,3,6-7,10-15H2. The quantitative estimate of drug-likeness (QED) is 0.842. The maximum absolute atomic E-state index is 13.2. The Bertz CT molecular complexity index is 907. The number of hydrogen-bond acceptors (Lipinski definition) is 3. The second kappa shape index (κ2) is 6.32. The Labute approximate surface area is 159 Å². The van der Waals surface area contributed by atoms with Crippen molar-refractivity contribution in [2.75, 3.05) is 26.2 Å². The summed E-state index contributed by atoms with van der Waals surface area (Å²) in [7, 11) is 0. The van der Waals surface area contributed by atoms with E-state index in [1.807, 2.05) is 35.2 Å². The molecule has 1 unspecified atom stereocenters. The van der Waals surface area contributed by atoms with Crippen molar-refractivity contribution >= 4 is 22.7 Å². The van der Waals surface area contributed by atoms with Crippen LogP contribution in [0.25, 0.3) is 10.9 Å². The molecule has 3 aliphatic rings. The Hall–Kier alpha value is -2.43. The summed E-state index contributed by atoms with van der Waals surface area (Å²) in [6.45, 7) is 2.99. The van der Waals surface area contributed by atoms with Gasteiger partial charge in [0.15, 0.2) is 0 Å². The van der Waals surface area contributed by atoms with Crippen molar-refractivity contribution in [3.8, 4) is 0 Å². The number of amides is 2. The van der Waals surface area contributed by atoms with Crippen molar-refractivity contribution in [3.63, 3.8) is 0 Å². The molecule has 2 aliphatic heterocycles. The topological polar surface area (TPSA) is 53.5 Å². The van der Waals surface area contributed by atoms with Crippen LogP contribution in [0, 0.1) is 11.3 Å². The smallest absolute Gasteiger partial charge is 0.272 e. The summed E-state index contributed by atoms with van der Waals surface area (Å²) in [5.41, 5.74) is 0.949. The largest absolute Gasteiger partial charge is 0.342 e. The molecule has 1 atom stereocenters. The number of fused-ring (bicyclic) bond motifs is 1. The minimum Gasteiger partial charge on any atom is -0.342 e. The number of pyridine rings is 1. The van der Waals surface area contributed by atoms with Crippen LogP contribution in [0.5, 0.6) is 0 Å². The maximum atomic E-state index is 13.2. The zero-order chi connectivity index (χ0) is 18.4. The third kappa shape index (κ3) is 2.99. The molecule has 5 nitrogen and oxygen atoms in total. The molecule has 3 heterocycles. The van der Waals surface area contributed by atoms with Crippen molar-refractivity contribution in [1.29, 1.82) is 0 Å². The summed E-state index contributed by atoms with van der Waals surface area (Å²) in [5, 5.41) is 1.03. The highest BCUT2D eigenvalue weighted by Gasteiger charge is 2.50. The summed E-state index contributed by atoms with van der Waals surface area (Å²) in [6.07, 6.45) is 5.26. The van der Waals surface area contributed by atoms with Gasteiger partial charge in [-0.15, -0.1) is 0 Å². The highest BCUT2D eigenvalue weighted by Crippen LogP contribution is 2.42. The van der Waals surface area contributed by atoms with Gasteiger partial charge in [0.05, 0.1) is 10.9 Å². The van der Waals surface area contributed by atoms with E-state index < -0.39 is 0 Å². The molecule has 0 radical (unpaired) electrons. The second-order valence-electron chi connectivity index (χ2n) is 8.44. The highest BCUT2D eigenvalue weighted by molar-refractivity contribution is 5.96. The molecule has 0 N–H and O–H groups in total. The molecule has 1 aromatic heterocycles. The van der Waals surface area contributed by atoms with Crippen LogP contribution < -0.4 is 0 Å². The third-order valence-corrected chi connectivity index (χ3v) is 6.46. The molecule has 2 saturated heterocycles. The minimum absolute atomic E-state index is 0.0512. The summed E-state index contributed by atoms with van der Waals surface area (Å²) in [5.74, 6) is 0.942. The van der Waals surface area contributed by atoms with E-state index in [0.717, 1.165) is 43.3 Å². The lowest BCUT2D eigenvalue weighted by molar-refractivity contribution is -0.145. The first-order valence-electron chi connectivity index (χ1n) is 10.1. The molecule has 5 rings (SSSR count). The maximum Gasteiger partial charge on any atom is 0.272 e. The summed E-state index contributed by atoms with van der Waals surface area (Å²) < 4.78 is 0. The van der Waals surface area contributed by atoms with Gasteiger partial charge in [0.25, 0.3) is 5.91 Å². The molecule has 3 fully saturated rings. The van der Waals surface area contributed by atoms with Gasteiger partial charge in [0, 0.05) is 31.6 Å². The van der Waals surface area contributed by atoms with E-state index in [1.54, 1.807) is 6.07 Å². The van der Waals surface area contributed by atoms with Crippen LogP contribution in [0.4, 0.5) is 0 Å². The summed E-state index contributed by atoms with van der Waals surface area (Å²) in [6, 6.07) is 11.6. The van der Waals surface area contributed by atoms with Gasteiger partial charge in [0.1, 0.15) is 5.69 Å². The number of hydrogen-bond donors (Lipinski definition) is 0. The Kier molecular flexibility index (Phi) is 3.92. The van der Waals surface area contributed by atoms with Crippen LogP contribution in [-0.2, 0) is 4.79 Å². The monoisotopic (exact) mass is 363 g/mol. The van der Waals surface area contributed by atoms with Crippen LogP contribution in [0.15, 0.2) is 36.4 Å². The zero-order valence-electron chi connectivity index (χ0n) is 15.6. The van der Waals surface area contributed by atoms with Crippen molar-refractivity contribution in [3.05, 3.63) is 42.1 Å². The van der Waals surface area contributed by atoms with Gasteiger partial charge in [-0.1, -0.05) is 24.3 Å². The number of benzene rings is 1. The number of likely N-dealkylation sites (tertiary alicyclic amines) is 2. The third-order valence-electron chi connectivity index (χ3n) is 6.46. The van der Waals surface area contributed by atoms with Crippen molar-refractivity contribution in [1.82, 2.24) is 14.8 Å². The fraction of sp³-hybridized carbons (Fsp3) is 0.500. The number of para-hydroxylation sites is 1. The zero-order valence-corrected chi connectivity index (χ0v) is 15.6. The van der Waals surface area contributed by atoms with E-state index in [9.17, 15) is 9.59 Å². The second-order valence-corrected chi connectivity index (χ2v) is 8.44. The lowest BCUT2D eigenvalue weighted by Crippen LogP contribution is -2.51. The number of carbonyl (C=O) groups excluding carboxylic acids is 2. The van der Waals surface area contributed by atoms with E-state index in [4.69, 9.17) is 0 Å². The molecular formula is C22H25N3O2. The Morgan fingerprint density at radius 3 is 2.81 bits per heavy atom. The molecule has 2 aromatic rings. The van der Waals surface area contributed by atoms with Crippen molar-refractivity contribution in [2.24, 2.45) is 11.3 Å². The highest BCUT2D eigenvalue weighted by atomic mass is 16.2. The molecule has 1 saturated carbocycles. The van der Waals surface area contributed by atoms with Crippen LogP contribution in [0.3, 0.4) is 0 Å². The normalized spacial score (nSPS) is 25.6. The van der Waals surface area contributed by atoms with Gasteiger partial charge in [-0.3, -0.25) is 9.59 Å². The Morgan fingerprint density at radius 1 is 1.11 bits per heavy atom. The van der Waals surface area contributed by atoms with Gasteiger partial charge >= 0.3 is 0 Å². The van der Waals surface area contributed by atoms with Crippen molar-refractivity contribution in [2.45, 2.75) is 32.1 Å². The fourth-order valence-electron chi connectivity index (χ4n) is 4.71. The SMILES string of the molecule is O=C(c1ccc2ccccc2n1)N1CCC2(CCCN(CC3CC3)C2=O)C1. The lowest BCUT2D eigenvalue weighted by atomic mass is 9.78. The molecule has 5 heteroatoms. The van der Waals surface area contributed by atoms with Crippen LogP contribution in [0.2, 0.25) is 0 Å². The molecule has 1 aliphatic carbocycles. The first-order chi connectivity index (χ1) is 13.1. The van der Waals surface area contributed by atoms with Gasteiger partial charge < -0.3 is 9.80 Å². The molecule has 2 amide bonds. The van der Waals surface area contributed by atoms with E-state index >= 15 is 0 Å². The van der Waals surface area contributed by atoms with Gasteiger partial charge in [-0.05, 0) is 50.2 Å². The Morgan fingerprint density at radius 2 is 1.96 bits per heavy atom. The molecule has 1 spiro atoms. The number of nitrogens with zero attached hydrogens (tertiary/aromatic N) is 3. The molecule has 27 heavy (non-hydrogen) atoms. The molecular weight excluding hydrogens is 338 g/mol. The van der Waals surface area contributed by atoms with Crippen molar-refractivity contribution < 1.29 is 9.59 Å². The summed E-state index contributed by atoms with van der Waals surface area (Å²) >= 11 is 0. The predicted octanol–water partition coefficient (Wildman–Crippen LogP) is 3.10. The van der Waals surface area contributed by atoms with Gasteiger partial charge in [-0.25, -0.2) is 4.98 Å². The van der Waals surface area contributed by atoms with E-state index in [2.05, 4.69) is 9.88 Å². The number of aromatic nitrogens is 1. The van der Waals surface area contributed by atoms with Crippen LogP contribution in [0.1, 0.15) is 42.6 Å². The number of piperidine rings is 1. The molecule has 140 valence electrons. The first kappa shape index (κ1) is 16.7. The average Bonchev–Trinajstić information content (AvgIpc) is 3.42. The average molecular weight is 363 g/mol. The fourth-order valence-corrected chi connectivity index (χ4v) is 4.71. The van der Waals surface area contributed by atoms with E-state index in [-0.39, 0.29) is 17.2 Å². The predicted molar refractivity (Wildman–Crippen MR) is 103 cm³/mol. The molecule has 1 aromatic carbocycles. The molecule has 0 bridgehead atoms. The van der Waals surface area contributed by atoms with Crippen LogP contribution >= 0.6 is 0 Å². The number of carbonyl (C=O) groups is 2. The van der Waals surface area contributed by atoms with Gasteiger partial charge in [-0.2, -0.15) is 0 Å². The van der Waals surface area contributed by atoms with Gasteiger partial charge in [0.2, 0.25) is 5.91 Å². The number of rotatable bonds is 3. The summed E-state index contributed by atoms with van der Waals surface area (Å²) in [4.78, 5) is 34.7. The lowest BCUT2D eigenvalue weighted by Gasteiger charge is -2.39.